The van der Waals surface area contributed by atoms with Crippen LogP contribution >= 0.6 is 0 Å². The summed E-state index contributed by atoms with van der Waals surface area (Å²) < 4.78 is 10.3. The fourth-order valence-corrected chi connectivity index (χ4v) is 1.47. The Morgan fingerprint density at radius 3 is 3.00 bits per heavy atom. The molecule has 6 heteroatoms. The van der Waals surface area contributed by atoms with E-state index in [1.165, 1.54) is 0 Å². The number of benzene rings is 1. The molecule has 0 saturated heterocycles. The summed E-state index contributed by atoms with van der Waals surface area (Å²) >= 11 is 0. The minimum Gasteiger partial charge on any atom is -0.485 e. The zero-order valence-electron chi connectivity index (χ0n) is 9.79. The van der Waals surface area contributed by atoms with Gasteiger partial charge in [-0.15, -0.1) is 0 Å². The summed E-state index contributed by atoms with van der Waals surface area (Å²) in [4.78, 5) is 14.6. The van der Waals surface area contributed by atoms with Gasteiger partial charge in [0.25, 0.3) is 0 Å². The monoisotopic (exact) mass is 248 g/mol. The molecule has 0 atom stereocenters. The molecule has 0 saturated carbocycles. The van der Waals surface area contributed by atoms with E-state index in [2.05, 4.69) is 10.1 Å². The minimum atomic E-state index is -0.874. The Bertz CT molecular complexity index is 551. The van der Waals surface area contributed by atoms with Crippen molar-refractivity contribution < 1.29 is 19.2 Å². The molecule has 1 aromatic carbocycles. The maximum atomic E-state index is 10.6. The first-order valence-corrected chi connectivity index (χ1v) is 5.36. The molecule has 2 aromatic rings. The first kappa shape index (κ1) is 12.1. The predicted molar refractivity (Wildman–Crippen MR) is 61.1 cm³/mol. The van der Waals surface area contributed by atoms with Crippen LogP contribution in [0.2, 0.25) is 0 Å². The van der Waals surface area contributed by atoms with Crippen molar-refractivity contribution in [1.82, 2.24) is 10.1 Å². The van der Waals surface area contributed by atoms with Crippen molar-refractivity contribution in [2.75, 3.05) is 0 Å². The first-order chi connectivity index (χ1) is 8.63. The lowest BCUT2D eigenvalue weighted by atomic mass is 10.1. The van der Waals surface area contributed by atoms with Gasteiger partial charge in [-0.3, -0.25) is 4.79 Å². The molecule has 0 aliphatic heterocycles. The van der Waals surface area contributed by atoms with Gasteiger partial charge >= 0.3 is 5.97 Å². The predicted octanol–water partition coefficient (Wildman–Crippen LogP) is 1.58. The third-order valence-corrected chi connectivity index (χ3v) is 2.19. The number of rotatable bonds is 5. The fraction of sp³-hybridized carbons (Fsp3) is 0.250. The highest BCUT2D eigenvalue weighted by Gasteiger charge is 2.05. The summed E-state index contributed by atoms with van der Waals surface area (Å²) in [7, 11) is 0. The van der Waals surface area contributed by atoms with E-state index in [0.29, 0.717) is 23.0 Å². The van der Waals surface area contributed by atoms with Crippen molar-refractivity contribution in [1.29, 1.82) is 0 Å². The second-order valence-electron chi connectivity index (χ2n) is 3.74. The Kier molecular flexibility index (Phi) is 3.57. The standard InChI is InChI=1S/C12H12N2O4/c1-8-13-11(14-18-8)7-17-10-4-2-3-9(5-10)6-12(15)16/h2-5H,6-7H2,1H3,(H,15,16). The van der Waals surface area contributed by atoms with Crippen LogP contribution in [0, 0.1) is 6.92 Å². The molecule has 0 unspecified atom stereocenters. The van der Waals surface area contributed by atoms with Crippen LogP contribution in [0.3, 0.4) is 0 Å². The van der Waals surface area contributed by atoms with Crippen LogP contribution in [0.15, 0.2) is 28.8 Å². The molecule has 2 rings (SSSR count). The third-order valence-electron chi connectivity index (χ3n) is 2.19. The summed E-state index contributed by atoms with van der Waals surface area (Å²) in [6.45, 7) is 1.89. The maximum absolute atomic E-state index is 10.6. The van der Waals surface area contributed by atoms with Gasteiger partial charge in [0.1, 0.15) is 5.75 Å². The van der Waals surface area contributed by atoms with Gasteiger partial charge in [-0.1, -0.05) is 17.3 Å². The number of carboxylic acids is 1. The second-order valence-corrected chi connectivity index (χ2v) is 3.74. The van der Waals surface area contributed by atoms with Crippen LogP contribution in [0.25, 0.3) is 0 Å². The Labute approximate surface area is 103 Å². The molecule has 0 spiro atoms. The second kappa shape index (κ2) is 5.31. The van der Waals surface area contributed by atoms with E-state index in [9.17, 15) is 4.79 Å². The summed E-state index contributed by atoms with van der Waals surface area (Å²) in [5.74, 6) is 0.640. The number of aliphatic carboxylic acids is 1. The van der Waals surface area contributed by atoms with Crippen LogP contribution < -0.4 is 4.74 Å². The van der Waals surface area contributed by atoms with Crippen molar-refractivity contribution in [3.05, 3.63) is 41.5 Å². The van der Waals surface area contributed by atoms with Crippen LogP contribution in [0.5, 0.6) is 5.75 Å². The van der Waals surface area contributed by atoms with Gasteiger partial charge in [0.15, 0.2) is 6.61 Å². The lowest BCUT2D eigenvalue weighted by Crippen LogP contribution is -2.01. The lowest BCUT2D eigenvalue weighted by molar-refractivity contribution is -0.136. The van der Waals surface area contributed by atoms with E-state index < -0.39 is 5.97 Å². The molecular weight excluding hydrogens is 236 g/mol. The lowest BCUT2D eigenvalue weighted by Gasteiger charge is -2.04. The largest absolute Gasteiger partial charge is 0.485 e. The molecule has 0 bridgehead atoms. The van der Waals surface area contributed by atoms with E-state index in [1.54, 1.807) is 31.2 Å². The first-order valence-electron chi connectivity index (χ1n) is 5.36. The van der Waals surface area contributed by atoms with E-state index >= 15 is 0 Å². The zero-order chi connectivity index (χ0) is 13.0. The van der Waals surface area contributed by atoms with Gasteiger partial charge in [0.2, 0.25) is 11.7 Å². The molecule has 0 radical (unpaired) electrons. The van der Waals surface area contributed by atoms with Gasteiger partial charge < -0.3 is 14.4 Å². The molecule has 0 fully saturated rings. The number of nitrogens with zero attached hydrogens (tertiary/aromatic N) is 2. The summed E-state index contributed by atoms with van der Waals surface area (Å²) in [6, 6.07) is 6.91. The maximum Gasteiger partial charge on any atom is 0.307 e. The van der Waals surface area contributed by atoms with Crippen molar-refractivity contribution in [2.45, 2.75) is 20.0 Å². The number of aromatic nitrogens is 2. The minimum absolute atomic E-state index is 0.0292. The topological polar surface area (TPSA) is 85.5 Å². The molecule has 1 N–H and O–H groups in total. The SMILES string of the molecule is Cc1nc(COc2cccc(CC(=O)O)c2)no1. The Morgan fingerprint density at radius 2 is 2.33 bits per heavy atom. The summed E-state index contributed by atoms with van der Waals surface area (Å²) in [5, 5.41) is 12.4. The number of carboxylic acid groups (broad SMARTS) is 1. The molecule has 1 heterocycles. The molecular formula is C12H12N2O4. The summed E-state index contributed by atoms with van der Waals surface area (Å²) in [6.07, 6.45) is -0.0292. The Balaban J connectivity index is 1.98. The molecule has 1 aromatic heterocycles. The van der Waals surface area contributed by atoms with E-state index in [1.807, 2.05) is 0 Å². The summed E-state index contributed by atoms with van der Waals surface area (Å²) in [5.41, 5.74) is 0.685. The highest BCUT2D eigenvalue weighted by atomic mass is 16.5. The van der Waals surface area contributed by atoms with Crippen LogP contribution in [-0.4, -0.2) is 21.2 Å². The van der Waals surface area contributed by atoms with Crippen molar-refractivity contribution in [3.8, 4) is 5.75 Å². The molecule has 6 nitrogen and oxygen atoms in total. The Hall–Kier alpha value is -2.37. The third kappa shape index (κ3) is 3.31. The molecule has 0 amide bonds. The highest BCUT2D eigenvalue weighted by Crippen LogP contribution is 2.15. The van der Waals surface area contributed by atoms with Gasteiger partial charge in [-0.2, -0.15) is 4.98 Å². The van der Waals surface area contributed by atoms with E-state index in [4.69, 9.17) is 14.4 Å². The number of carbonyl (C=O) groups is 1. The fourth-order valence-electron chi connectivity index (χ4n) is 1.47. The van der Waals surface area contributed by atoms with Crippen molar-refractivity contribution in [3.63, 3.8) is 0 Å². The van der Waals surface area contributed by atoms with Gasteiger partial charge in [-0.25, -0.2) is 0 Å². The number of ether oxygens (including phenoxy) is 1. The van der Waals surface area contributed by atoms with Crippen LogP contribution in [-0.2, 0) is 17.8 Å². The molecule has 94 valence electrons. The van der Waals surface area contributed by atoms with Gasteiger partial charge in [-0.05, 0) is 17.7 Å². The van der Waals surface area contributed by atoms with Crippen molar-refractivity contribution >= 4 is 5.97 Å². The van der Waals surface area contributed by atoms with E-state index in [-0.39, 0.29) is 13.0 Å². The molecule has 0 aliphatic rings. The number of hydrogen-bond acceptors (Lipinski definition) is 5. The smallest absolute Gasteiger partial charge is 0.307 e. The van der Waals surface area contributed by atoms with Crippen molar-refractivity contribution in [2.24, 2.45) is 0 Å². The number of aryl methyl sites for hydroxylation is 1. The normalized spacial score (nSPS) is 10.3. The average molecular weight is 248 g/mol. The highest BCUT2D eigenvalue weighted by molar-refractivity contribution is 5.70. The van der Waals surface area contributed by atoms with Gasteiger partial charge in [0, 0.05) is 6.92 Å². The van der Waals surface area contributed by atoms with Gasteiger partial charge in [0.05, 0.1) is 6.42 Å². The van der Waals surface area contributed by atoms with Crippen LogP contribution in [0.1, 0.15) is 17.3 Å². The molecule has 18 heavy (non-hydrogen) atoms. The zero-order valence-corrected chi connectivity index (χ0v) is 9.79. The average Bonchev–Trinajstić information content (AvgIpc) is 2.72. The number of hydrogen-bond donors (Lipinski definition) is 1. The van der Waals surface area contributed by atoms with E-state index in [0.717, 1.165) is 0 Å². The molecule has 0 aliphatic carbocycles. The quantitative estimate of drug-likeness (QED) is 0.864. The van der Waals surface area contributed by atoms with Crippen LogP contribution in [0.4, 0.5) is 0 Å². The Morgan fingerprint density at radius 1 is 1.50 bits per heavy atom.